The minimum atomic E-state index is -4.15. The summed E-state index contributed by atoms with van der Waals surface area (Å²) in [5, 5.41) is 3.05. The van der Waals surface area contributed by atoms with Crippen LogP contribution in [0.2, 0.25) is 0 Å². The minimum absolute atomic E-state index is 0.00541. The van der Waals surface area contributed by atoms with Crippen LogP contribution in [0.1, 0.15) is 43.4 Å². The van der Waals surface area contributed by atoms with E-state index in [0.29, 0.717) is 12.1 Å². The van der Waals surface area contributed by atoms with E-state index in [4.69, 9.17) is 0 Å². The van der Waals surface area contributed by atoms with Crippen molar-refractivity contribution in [2.45, 2.75) is 45.3 Å². The lowest BCUT2D eigenvalue weighted by Crippen LogP contribution is -2.22. The van der Waals surface area contributed by atoms with Gasteiger partial charge in [0, 0.05) is 18.0 Å². The Morgan fingerprint density at radius 3 is 2.53 bits per heavy atom. The van der Waals surface area contributed by atoms with Crippen molar-refractivity contribution in [3.8, 4) is 0 Å². The van der Waals surface area contributed by atoms with Gasteiger partial charge < -0.3 is 5.32 Å². The first-order valence-electron chi connectivity index (χ1n) is 6.39. The number of hydrogen-bond donors (Lipinski definition) is 1. The van der Waals surface area contributed by atoms with Gasteiger partial charge in [-0.15, -0.1) is 0 Å². The molecule has 1 rings (SSSR count). The molecule has 1 atom stereocenters. The van der Waals surface area contributed by atoms with Crippen LogP contribution in [-0.4, -0.2) is 12.7 Å². The van der Waals surface area contributed by atoms with Gasteiger partial charge in [-0.05, 0) is 32.4 Å². The summed E-state index contributed by atoms with van der Waals surface area (Å²) in [6.45, 7) is 4.27. The topological polar surface area (TPSA) is 12.0 Å². The maximum atomic E-state index is 13.7. The van der Waals surface area contributed by atoms with Gasteiger partial charge in [-0.3, -0.25) is 0 Å². The van der Waals surface area contributed by atoms with Crippen molar-refractivity contribution in [1.82, 2.24) is 5.32 Å². The summed E-state index contributed by atoms with van der Waals surface area (Å²) in [6.07, 6.45) is -4.72. The quantitative estimate of drug-likeness (QED) is 0.754. The molecule has 1 unspecified atom stereocenters. The van der Waals surface area contributed by atoms with Crippen LogP contribution in [-0.2, 0) is 0 Å². The maximum absolute atomic E-state index is 13.7. The van der Waals surface area contributed by atoms with Crippen LogP contribution in [0.3, 0.4) is 0 Å². The molecule has 1 N–H and O–H groups in total. The Bertz CT molecular complexity index is 401. The predicted octanol–water partition coefficient (Wildman–Crippen LogP) is 4.52. The summed E-state index contributed by atoms with van der Waals surface area (Å²) in [7, 11) is 0. The van der Waals surface area contributed by atoms with E-state index in [1.54, 1.807) is 12.1 Å². The van der Waals surface area contributed by atoms with Gasteiger partial charge in [-0.1, -0.05) is 24.6 Å². The smallest absolute Gasteiger partial charge is 0.310 e. The Morgan fingerprint density at radius 1 is 1.26 bits per heavy atom. The number of aryl methyl sites for hydroxylation is 1. The van der Waals surface area contributed by atoms with Crippen LogP contribution >= 0.6 is 0 Å². The normalized spacial score (nSPS) is 13.6. The lowest BCUT2D eigenvalue weighted by molar-refractivity contribution is -0.135. The molecule has 1 aromatic rings. The van der Waals surface area contributed by atoms with Crippen LogP contribution in [0.5, 0.6) is 0 Å². The summed E-state index contributed by atoms with van der Waals surface area (Å²) in [5.41, 5.74) is 1.35. The molecule has 0 aromatic heterocycles. The fourth-order valence-corrected chi connectivity index (χ4v) is 2.05. The molecular formula is C14H19F4N. The zero-order chi connectivity index (χ0) is 14.5. The summed E-state index contributed by atoms with van der Waals surface area (Å²) >= 11 is 0. The highest BCUT2D eigenvalue weighted by atomic mass is 19.4. The number of alkyl halides is 3. The molecule has 0 aliphatic rings. The second-order valence-electron chi connectivity index (χ2n) is 4.64. The Morgan fingerprint density at radius 2 is 1.95 bits per heavy atom. The second kappa shape index (κ2) is 6.89. The van der Waals surface area contributed by atoms with Crippen LogP contribution in [0, 0.1) is 12.7 Å². The maximum Gasteiger partial charge on any atom is 0.389 e. The lowest BCUT2D eigenvalue weighted by atomic mass is 9.98. The van der Waals surface area contributed by atoms with Crippen LogP contribution in [0.4, 0.5) is 17.6 Å². The van der Waals surface area contributed by atoms with E-state index in [-0.39, 0.29) is 24.7 Å². The fraction of sp³-hybridized carbons (Fsp3) is 0.571. The lowest BCUT2D eigenvalue weighted by Gasteiger charge is -2.20. The Kier molecular flexibility index (Phi) is 5.79. The largest absolute Gasteiger partial charge is 0.389 e. The highest BCUT2D eigenvalue weighted by Crippen LogP contribution is 2.27. The molecular weight excluding hydrogens is 258 g/mol. The third kappa shape index (κ3) is 5.59. The third-order valence-corrected chi connectivity index (χ3v) is 2.93. The fourth-order valence-electron chi connectivity index (χ4n) is 2.05. The van der Waals surface area contributed by atoms with Gasteiger partial charge in [0.15, 0.2) is 0 Å². The molecule has 1 nitrogen and oxygen atoms in total. The van der Waals surface area contributed by atoms with Crippen molar-refractivity contribution < 1.29 is 17.6 Å². The molecule has 0 saturated heterocycles. The number of halogens is 4. The molecule has 0 heterocycles. The summed E-state index contributed by atoms with van der Waals surface area (Å²) in [5.74, 6) is -0.372. The average molecular weight is 277 g/mol. The molecule has 19 heavy (non-hydrogen) atoms. The molecule has 0 fully saturated rings. The number of benzene rings is 1. The highest BCUT2D eigenvalue weighted by molar-refractivity contribution is 5.26. The highest BCUT2D eigenvalue weighted by Gasteiger charge is 2.27. The monoisotopic (exact) mass is 277 g/mol. The SMILES string of the molecule is CCNC(CCCC(F)(F)F)c1cc(C)ccc1F. The van der Waals surface area contributed by atoms with E-state index in [0.717, 1.165) is 5.56 Å². The molecule has 0 bridgehead atoms. The third-order valence-electron chi connectivity index (χ3n) is 2.93. The number of nitrogens with one attached hydrogen (secondary N) is 1. The van der Waals surface area contributed by atoms with E-state index in [1.165, 1.54) is 6.07 Å². The average Bonchev–Trinajstić information content (AvgIpc) is 2.30. The van der Waals surface area contributed by atoms with Gasteiger partial charge in [0.2, 0.25) is 0 Å². The molecule has 0 saturated carbocycles. The van der Waals surface area contributed by atoms with Gasteiger partial charge >= 0.3 is 6.18 Å². The van der Waals surface area contributed by atoms with Crippen molar-refractivity contribution >= 4 is 0 Å². The zero-order valence-electron chi connectivity index (χ0n) is 11.1. The van der Waals surface area contributed by atoms with Crippen LogP contribution < -0.4 is 5.32 Å². The molecule has 0 radical (unpaired) electrons. The second-order valence-corrected chi connectivity index (χ2v) is 4.64. The first kappa shape index (κ1) is 16.0. The van der Waals surface area contributed by atoms with Gasteiger partial charge in [0.1, 0.15) is 5.82 Å². The molecule has 108 valence electrons. The first-order chi connectivity index (χ1) is 8.83. The van der Waals surface area contributed by atoms with Crippen molar-refractivity contribution in [2.75, 3.05) is 6.54 Å². The van der Waals surface area contributed by atoms with Gasteiger partial charge in [-0.25, -0.2) is 4.39 Å². The number of rotatable bonds is 6. The van der Waals surface area contributed by atoms with Crippen molar-refractivity contribution in [3.05, 3.63) is 35.1 Å². The van der Waals surface area contributed by atoms with Crippen molar-refractivity contribution in [2.24, 2.45) is 0 Å². The molecule has 0 aliphatic heterocycles. The van der Waals surface area contributed by atoms with Gasteiger partial charge in [0.05, 0.1) is 0 Å². The van der Waals surface area contributed by atoms with E-state index >= 15 is 0 Å². The summed E-state index contributed by atoms with van der Waals surface area (Å²) in [4.78, 5) is 0. The number of hydrogen-bond acceptors (Lipinski definition) is 1. The standard InChI is InChI=1S/C14H19F4N/c1-3-19-13(5-4-8-14(16,17)18)11-9-10(2)6-7-12(11)15/h6-7,9,13,19H,3-5,8H2,1-2H3. The Balaban J connectivity index is 2.73. The predicted molar refractivity (Wildman–Crippen MR) is 67.5 cm³/mol. The molecule has 0 spiro atoms. The van der Waals surface area contributed by atoms with Gasteiger partial charge in [-0.2, -0.15) is 13.2 Å². The summed E-state index contributed by atoms with van der Waals surface area (Å²) < 4.78 is 50.2. The summed E-state index contributed by atoms with van der Waals surface area (Å²) in [6, 6.07) is 4.33. The van der Waals surface area contributed by atoms with E-state index in [9.17, 15) is 17.6 Å². The molecule has 0 aliphatic carbocycles. The molecule has 1 aromatic carbocycles. The first-order valence-corrected chi connectivity index (χ1v) is 6.39. The molecule has 5 heteroatoms. The van der Waals surface area contributed by atoms with Gasteiger partial charge in [0.25, 0.3) is 0 Å². The van der Waals surface area contributed by atoms with E-state index < -0.39 is 12.6 Å². The van der Waals surface area contributed by atoms with E-state index in [2.05, 4.69) is 5.32 Å². The van der Waals surface area contributed by atoms with Crippen LogP contribution in [0.15, 0.2) is 18.2 Å². The Labute approximate surface area is 111 Å². The zero-order valence-corrected chi connectivity index (χ0v) is 11.1. The molecule has 0 amide bonds. The van der Waals surface area contributed by atoms with Crippen molar-refractivity contribution in [1.29, 1.82) is 0 Å². The Hall–Kier alpha value is -1.10. The van der Waals surface area contributed by atoms with Crippen LogP contribution in [0.25, 0.3) is 0 Å². The van der Waals surface area contributed by atoms with E-state index in [1.807, 2.05) is 13.8 Å². The minimum Gasteiger partial charge on any atom is -0.310 e. The van der Waals surface area contributed by atoms with Crippen molar-refractivity contribution in [3.63, 3.8) is 0 Å².